The molecule has 118 valence electrons. The van der Waals surface area contributed by atoms with Crippen LogP contribution in [-0.2, 0) is 4.79 Å². The van der Waals surface area contributed by atoms with Crippen LogP contribution in [0.5, 0.6) is 0 Å². The van der Waals surface area contributed by atoms with E-state index in [9.17, 15) is 4.79 Å². The van der Waals surface area contributed by atoms with E-state index in [0.717, 1.165) is 19.5 Å². The molecule has 1 aromatic carbocycles. The minimum atomic E-state index is 0.249. The van der Waals surface area contributed by atoms with E-state index in [1.165, 1.54) is 43.5 Å². The summed E-state index contributed by atoms with van der Waals surface area (Å²) in [4.78, 5) is 17.5. The first-order valence-electron chi connectivity index (χ1n) is 8.82. The van der Waals surface area contributed by atoms with E-state index < -0.39 is 0 Å². The normalized spacial score (nSPS) is 31.7. The lowest BCUT2D eigenvalue weighted by molar-refractivity contribution is -0.131. The number of amides is 1. The molecule has 3 atom stereocenters. The van der Waals surface area contributed by atoms with E-state index in [4.69, 9.17) is 0 Å². The third-order valence-electron chi connectivity index (χ3n) is 5.83. The summed E-state index contributed by atoms with van der Waals surface area (Å²) < 4.78 is 0. The summed E-state index contributed by atoms with van der Waals surface area (Å²) in [6.07, 6.45) is 4.90. The average Bonchev–Trinajstić information content (AvgIpc) is 2.93. The van der Waals surface area contributed by atoms with Crippen LogP contribution in [0.25, 0.3) is 0 Å². The largest absolute Gasteiger partial charge is 0.341 e. The molecule has 0 bridgehead atoms. The molecule has 1 aliphatic carbocycles. The SMILES string of the molecule is Cc1ccccc1C1CC1C(=O)N1CCC(N2CCCC2)C1. The van der Waals surface area contributed by atoms with Crippen molar-refractivity contribution in [3.8, 4) is 0 Å². The molecule has 3 nitrogen and oxygen atoms in total. The zero-order valence-corrected chi connectivity index (χ0v) is 13.5. The van der Waals surface area contributed by atoms with Gasteiger partial charge in [-0.3, -0.25) is 9.69 Å². The Balaban J connectivity index is 1.37. The lowest BCUT2D eigenvalue weighted by Crippen LogP contribution is -2.37. The molecular formula is C19H26N2O. The smallest absolute Gasteiger partial charge is 0.226 e. The number of nitrogens with zero attached hydrogens (tertiary/aromatic N) is 2. The number of carbonyl (C=O) groups excluding carboxylic acids is 1. The molecule has 2 heterocycles. The molecule has 0 aromatic heterocycles. The van der Waals surface area contributed by atoms with Crippen molar-refractivity contribution in [1.29, 1.82) is 0 Å². The third kappa shape index (κ3) is 2.56. The Morgan fingerprint density at radius 3 is 2.68 bits per heavy atom. The van der Waals surface area contributed by atoms with Gasteiger partial charge in [0.25, 0.3) is 0 Å². The molecule has 3 unspecified atom stereocenters. The number of hydrogen-bond donors (Lipinski definition) is 0. The highest BCUT2D eigenvalue weighted by Crippen LogP contribution is 2.49. The Kier molecular flexibility index (Phi) is 3.69. The molecular weight excluding hydrogens is 272 g/mol. The van der Waals surface area contributed by atoms with Gasteiger partial charge in [-0.2, -0.15) is 0 Å². The zero-order valence-electron chi connectivity index (χ0n) is 13.5. The van der Waals surface area contributed by atoms with E-state index in [-0.39, 0.29) is 5.92 Å². The zero-order chi connectivity index (χ0) is 15.1. The summed E-state index contributed by atoms with van der Waals surface area (Å²) in [6, 6.07) is 9.17. The first kappa shape index (κ1) is 14.3. The highest BCUT2D eigenvalue weighted by atomic mass is 16.2. The molecule has 1 aromatic rings. The summed E-state index contributed by atoms with van der Waals surface area (Å²) in [5.41, 5.74) is 2.72. The molecule has 2 saturated heterocycles. The van der Waals surface area contributed by atoms with Crippen LogP contribution < -0.4 is 0 Å². The maximum atomic E-state index is 12.8. The topological polar surface area (TPSA) is 23.6 Å². The highest BCUT2D eigenvalue weighted by molar-refractivity contribution is 5.83. The number of hydrogen-bond acceptors (Lipinski definition) is 2. The van der Waals surface area contributed by atoms with Crippen LogP contribution in [0.4, 0.5) is 0 Å². The minimum Gasteiger partial charge on any atom is -0.341 e. The van der Waals surface area contributed by atoms with E-state index in [1.54, 1.807) is 0 Å². The van der Waals surface area contributed by atoms with Crippen molar-refractivity contribution >= 4 is 5.91 Å². The van der Waals surface area contributed by atoms with E-state index >= 15 is 0 Å². The second kappa shape index (κ2) is 5.69. The van der Waals surface area contributed by atoms with Gasteiger partial charge in [0.1, 0.15) is 0 Å². The minimum absolute atomic E-state index is 0.249. The van der Waals surface area contributed by atoms with Crippen molar-refractivity contribution < 1.29 is 4.79 Å². The molecule has 3 aliphatic rings. The monoisotopic (exact) mass is 298 g/mol. The number of aryl methyl sites for hydroxylation is 1. The molecule has 1 amide bonds. The number of likely N-dealkylation sites (tertiary alicyclic amines) is 2. The Labute approximate surface area is 133 Å². The van der Waals surface area contributed by atoms with Crippen LogP contribution in [0.1, 0.15) is 42.7 Å². The van der Waals surface area contributed by atoms with Gasteiger partial charge in [0, 0.05) is 25.0 Å². The van der Waals surface area contributed by atoms with Gasteiger partial charge in [-0.1, -0.05) is 24.3 Å². The lowest BCUT2D eigenvalue weighted by Gasteiger charge is -2.23. The second-order valence-electron chi connectivity index (χ2n) is 7.28. The number of carbonyl (C=O) groups is 1. The van der Waals surface area contributed by atoms with Gasteiger partial charge in [-0.15, -0.1) is 0 Å². The van der Waals surface area contributed by atoms with Gasteiger partial charge in [0.2, 0.25) is 5.91 Å². The first-order chi connectivity index (χ1) is 10.7. The summed E-state index contributed by atoms with van der Waals surface area (Å²) in [6.45, 7) is 6.57. The van der Waals surface area contributed by atoms with Crippen LogP contribution in [0.15, 0.2) is 24.3 Å². The molecule has 4 rings (SSSR count). The fourth-order valence-electron chi connectivity index (χ4n) is 4.40. The van der Waals surface area contributed by atoms with Gasteiger partial charge in [-0.05, 0) is 62.7 Å². The van der Waals surface area contributed by atoms with Crippen LogP contribution in [-0.4, -0.2) is 47.9 Å². The quantitative estimate of drug-likeness (QED) is 0.856. The predicted molar refractivity (Wildman–Crippen MR) is 87.8 cm³/mol. The van der Waals surface area contributed by atoms with Gasteiger partial charge in [0.15, 0.2) is 0 Å². The lowest BCUT2D eigenvalue weighted by atomic mass is 10.0. The van der Waals surface area contributed by atoms with Crippen molar-refractivity contribution in [3.63, 3.8) is 0 Å². The Morgan fingerprint density at radius 2 is 1.91 bits per heavy atom. The van der Waals surface area contributed by atoms with Crippen molar-refractivity contribution in [2.24, 2.45) is 5.92 Å². The summed E-state index contributed by atoms with van der Waals surface area (Å²) in [7, 11) is 0. The molecule has 0 radical (unpaired) electrons. The van der Waals surface area contributed by atoms with Crippen LogP contribution in [0, 0.1) is 12.8 Å². The van der Waals surface area contributed by atoms with Crippen molar-refractivity contribution in [2.75, 3.05) is 26.2 Å². The predicted octanol–water partition coefficient (Wildman–Crippen LogP) is 2.80. The summed E-state index contributed by atoms with van der Waals surface area (Å²) in [5, 5.41) is 0. The van der Waals surface area contributed by atoms with Crippen LogP contribution in [0.3, 0.4) is 0 Å². The summed E-state index contributed by atoms with van der Waals surface area (Å²) >= 11 is 0. The molecule has 0 N–H and O–H groups in total. The van der Waals surface area contributed by atoms with Crippen molar-refractivity contribution in [1.82, 2.24) is 9.80 Å². The Morgan fingerprint density at radius 1 is 1.14 bits per heavy atom. The van der Waals surface area contributed by atoms with E-state index in [2.05, 4.69) is 41.0 Å². The standard InChI is InChI=1S/C19H26N2O/c1-14-6-2-3-7-16(14)17-12-18(17)19(22)21-11-8-15(13-21)20-9-4-5-10-20/h2-3,6-7,15,17-18H,4-5,8-13H2,1H3. The van der Waals surface area contributed by atoms with Gasteiger partial charge in [-0.25, -0.2) is 0 Å². The van der Waals surface area contributed by atoms with Gasteiger partial charge >= 0.3 is 0 Å². The second-order valence-corrected chi connectivity index (χ2v) is 7.28. The van der Waals surface area contributed by atoms with E-state index in [1.807, 2.05) is 0 Å². The molecule has 3 fully saturated rings. The Bertz CT molecular complexity index is 564. The third-order valence-corrected chi connectivity index (χ3v) is 5.83. The molecule has 1 saturated carbocycles. The highest BCUT2D eigenvalue weighted by Gasteiger charge is 2.47. The molecule has 22 heavy (non-hydrogen) atoms. The molecule has 2 aliphatic heterocycles. The van der Waals surface area contributed by atoms with Crippen LogP contribution >= 0.6 is 0 Å². The maximum absolute atomic E-state index is 12.8. The molecule has 0 spiro atoms. The van der Waals surface area contributed by atoms with Crippen molar-refractivity contribution in [2.45, 2.75) is 44.6 Å². The van der Waals surface area contributed by atoms with E-state index in [0.29, 0.717) is 17.9 Å². The Hall–Kier alpha value is -1.35. The van der Waals surface area contributed by atoms with Crippen LogP contribution in [0.2, 0.25) is 0 Å². The van der Waals surface area contributed by atoms with Gasteiger partial charge < -0.3 is 4.90 Å². The first-order valence-corrected chi connectivity index (χ1v) is 8.82. The fourth-order valence-corrected chi connectivity index (χ4v) is 4.40. The summed E-state index contributed by atoms with van der Waals surface area (Å²) in [5.74, 6) is 1.13. The average molecular weight is 298 g/mol. The van der Waals surface area contributed by atoms with Gasteiger partial charge in [0.05, 0.1) is 0 Å². The number of rotatable bonds is 3. The molecule has 3 heteroatoms. The number of benzene rings is 1. The maximum Gasteiger partial charge on any atom is 0.226 e. The fraction of sp³-hybridized carbons (Fsp3) is 0.632. The van der Waals surface area contributed by atoms with Crippen molar-refractivity contribution in [3.05, 3.63) is 35.4 Å².